The van der Waals surface area contributed by atoms with Crippen molar-refractivity contribution in [1.29, 1.82) is 0 Å². The van der Waals surface area contributed by atoms with Crippen LogP contribution in [-0.4, -0.2) is 25.4 Å². The molecule has 2 fully saturated rings. The summed E-state index contributed by atoms with van der Waals surface area (Å²) >= 11 is 0. The first kappa shape index (κ1) is 12.7. The van der Waals surface area contributed by atoms with Gasteiger partial charge in [-0.1, -0.05) is 24.3 Å². The van der Waals surface area contributed by atoms with E-state index >= 15 is 0 Å². The zero-order valence-corrected chi connectivity index (χ0v) is 12.9. The van der Waals surface area contributed by atoms with E-state index < -0.39 is 0 Å². The van der Waals surface area contributed by atoms with Crippen molar-refractivity contribution >= 4 is 12.0 Å². The summed E-state index contributed by atoms with van der Waals surface area (Å²) in [6.07, 6.45) is 5.66. The van der Waals surface area contributed by atoms with Crippen molar-refractivity contribution in [3.63, 3.8) is 0 Å². The highest BCUT2D eigenvalue weighted by Crippen LogP contribution is 2.56. The lowest BCUT2D eigenvalue weighted by molar-refractivity contribution is -0.914. The van der Waals surface area contributed by atoms with Crippen LogP contribution in [-0.2, 0) is 10.2 Å². The summed E-state index contributed by atoms with van der Waals surface area (Å²) in [4.78, 5) is 13.7. The van der Waals surface area contributed by atoms with Gasteiger partial charge in [0, 0.05) is 35.7 Å². The van der Waals surface area contributed by atoms with Gasteiger partial charge in [-0.05, 0) is 24.1 Å². The van der Waals surface area contributed by atoms with Gasteiger partial charge in [-0.15, -0.1) is 0 Å². The molecule has 3 nitrogen and oxygen atoms in total. The topological polar surface area (TPSA) is 33.5 Å². The van der Waals surface area contributed by atoms with E-state index in [0.29, 0.717) is 12.0 Å². The second kappa shape index (κ2) is 4.11. The SMILES string of the molecule is CC=C1C[NH+]2CCC34C(=C(C=O)C1CC23)Nc1ccccc14. The first-order chi connectivity index (χ1) is 10.8. The Morgan fingerprint density at radius 1 is 1.36 bits per heavy atom. The molecule has 1 aromatic carbocycles. The van der Waals surface area contributed by atoms with Crippen LogP contribution in [0.2, 0.25) is 0 Å². The third-order valence-electron chi connectivity index (χ3n) is 6.55. The molecule has 1 aliphatic carbocycles. The lowest BCUT2D eigenvalue weighted by Gasteiger charge is -2.45. The standard InChI is InChI=1S/C19H20N2O/c1-2-12-10-21-8-7-19-15-5-3-4-6-16(15)20-18(19)14(11-22)13(12)9-17(19)21/h2-6,11,13,17,20H,7-10H2,1H3/p+1. The predicted octanol–water partition coefficient (Wildman–Crippen LogP) is 1.44. The van der Waals surface area contributed by atoms with Gasteiger partial charge < -0.3 is 10.2 Å². The number of hydrogen-bond acceptors (Lipinski definition) is 2. The van der Waals surface area contributed by atoms with Crippen LogP contribution in [0.25, 0.3) is 0 Å². The van der Waals surface area contributed by atoms with Crippen LogP contribution in [0, 0.1) is 5.92 Å². The summed E-state index contributed by atoms with van der Waals surface area (Å²) in [5, 5.41) is 3.64. The van der Waals surface area contributed by atoms with E-state index in [2.05, 4.69) is 42.6 Å². The molecule has 2 saturated heterocycles. The fourth-order valence-corrected chi connectivity index (χ4v) is 5.67. The lowest BCUT2D eigenvalue weighted by Crippen LogP contribution is -3.16. The highest BCUT2D eigenvalue weighted by Gasteiger charge is 2.63. The molecule has 0 aromatic heterocycles. The molecule has 3 heteroatoms. The number of allylic oxidation sites excluding steroid dienone is 2. The highest BCUT2D eigenvalue weighted by atomic mass is 16.1. The molecule has 2 N–H and O–H groups in total. The van der Waals surface area contributed by atoms with Gasteiger partial charge in [0.1, 0.15) is 12.3 Å². The predicted molar refractivity (Wildman–Crippen MR) is 85.8 cm³/mol. The minimum absolute atomic E-state index is 0.0674. The summed E-state index contributed by atoms with van der Waals surface area (Å²) in [7, 11) is 0. The van der Waals surface area contributed by atoms with Gasteiger partial charge in [0.15, 0.2) is 0 Å². The molecule has 4 atom stereocenters. The largest absolute Gasteiger partial charge is 0.357 e. The third kappa shape index (κ3) is 1.25. The Hall–Kier alpha value is -1.87. The Bertz CT molecular complexity index is 748. The van der Waals surface area contributed by atoms with E-state index in [9.17, 15) is 4.79 Å². The molecular weight excluding hydrogens is 272 g/mol. The van der Waals surface area contributed by atoms with Crippen molar-refractivity contribution in [1.82, 2.24) is 0 Å². The Labute approximate surface area is 130 Å². The van der Waals surface area contributed by atoms with E-state index in [4.69, 9.17) is 0 Å². The minimum atomic E-state index is 0.0674. The number of piperidine rings is 1. The van der Waals surface area contributed by atoms with Crippen molar-refractivity contribution in [2.45, 2.75) is 31.2 Å². The second-order valence-corrected chi connectivity index (χ2v) is 7.13. The summed E-state index contributed by atoms with van der Waals surface area (Å²) in [6, 6.07) is 9.28. The summed E-state index contributed by atoms with van der Waals surface area (Å²) in [5.41, 5.74) is 6.40. The average molecular weight is 293 g/mol. The van der Waals surface area contributed by atoms with Crippen molar-refractivity contribution in [2.24, 2.45) is 5.92 Å². The number of rotatable bonds is 1. The van der Waals surface area contributed by atoms with Gasteiger partial charge >= 0.3 is 0 Å². The number of carbonyl (C=O) groups excluding carboxylic acids is 1. The Morgan fingerprint density at radius 2 is 2.23 bits per heavy atom. The summed E-state index contributed by atoms with van der Waals surface area (Å²) in [5.74, 6) is 0.333. The second-order valence-electron chi connectivity index (χ2n) is 7.13. The molecule has 0 radical (unpaired) electrons. The first-order valence-corrected chi connectivity index (χ1v) is 8.35. The van der Waals surface area contributed by atoms with E-state index in [0.717, 1.165) is 31.2 Å². The quantitative estimate of drug-likeness (QED) is 0.607. The number of quaternary nitrogens is 1. The zero-order valence-electron chi connectivity index (χ0n) is 12.9. The number of fused-ring (bicyclic) bond motifs is 2. The number of nitrogens with one attached hydrogen (secondary N) is 2. The molecule has 1 spiro atoms. The molecule has 22 heavy (non-hydrogen) atoms. The molecule has 0 amide bonds. The third-order valence-corrected chi connectivity index (χ3v) is 6.55. The molecule has 4 unspecified atom stereocenters. The normalized spacial score (nSPS) is 39.5. The maximum Gasteiger partial charge on any atom is 0.148 e. The number of para-hydroxylation sites is 1. The Kier molecular flexibility index (Phi) is 2.36. The van der Waals surface area contributed by atoms with Crippen LogP contribution in [0.15, 0.2) is 47.2 Å². The molecular formula is C19H21N2O+. The average Bonchev–Trinajstić information content (AvgIpc) is 3.11. The first-order valence-electron chi connectivity index (χ1n) is 8.35. The van der Waals surface area contributed by atoms with Crippen LogP contribution < -0.4 is 10.2 Å². The molecule has 4 aliphatic rings. The van der Waals surface area contributed by atoms with E-state index in [-0.39, 0.29) is 5.41 Å². The van der Waals surface area contributed by atoms with Gasteiger partial charge in [-0.25, -0.2) is 0 Å². The highest BCUT2D eigenvalue weighted by molar-refractivity contribution is 5.84. The van der Waals surface area contributed by atoms with Gasteiger partial charge in [-0.2, -0.15) is 0 Å². The van der Waals surface area contributed by atoms with Crippen LogP contribution in [0.3, 0.4) is 0 Å². The van der Waals surface area contributed by atoms with Crippen molar-refractivity contribution < 1.29 is 9.69 Å². The number of aldehydes is 1. The van der Waals surface area contributed by atoms with Gasteiger partial charge in [-0.3, -0.25) is 4.79 Å². The molecule has 0 saturated carbocycles. The molecule has 5 rings (SSSR count). The van der Waals surface area contributed by atoms with Crippen molar-refractivity contribution in [3.8, 4) is 0 Å². The fraction of sp³-hybridized carbons (Fsp3) is 0.421. The molecule has 3 aliphatic heterocycles. The van der Waals surface area contributed by atoms with E-state index in [1.54, 1.807) is 4.90 Å². The van der Waals surface area contributed by atoms with E-state index in [1.807, 2.05) is 0 Å². The Morgan fingerprint density at radius 3 is 3.05 bits per heavy atom. The maximum atomic E-state index is 12.0. The Balaban J connectivity index is 1.83. The van der Waals surface area contributed by atoms with Crippen molar-refractivity contribution in [2.75, 3.05) is 18.4 Å². The number of hydrogen-bond donors (Lipinski definition) is 2. The molecule has 112 valence electrons. The number of carbonyl (C=O) groups is 1. The van der Waals surface area contributed by atoms with E-state index in [1.165, 1.54) is 29.1 Å². The van der Waals surface area contributed by atoms with Crippen LogP contribution in [0.1, 0.15) is 25.3 Å². The molecule has 2 bridgehead atoms. The number of anilines is 1. The van der Waals surface area contributed by atoms with Crippen LogP contribution in [0.5, 0.6) is 0 Å². The maximum absolute atomic E-state index is 12.0. The summed E-state index contributed by atoms with van der Waals surface area (Å²) in [6.45, 7) is 4.44. The smallest absolute Gasteiger partial charge is 0.148 e. The zero-order chi connectivity index (χ0) is 14.9. The van der Waals surface area contributed by atoms with Crippen LogP contribution in [0.4, 0.5) is 5.69 Å². The monoisotopic (exact) mass is 293 g/mol. The minimum Gasteiger partial charge on any atom is -0.357 e. The van der Waals surface area contributed by atoms with Gasteiger partial charge in [0.2, 0.25) is 0 Å². The molecule has 1 aromatic rings. The van der Waals surface area contributed by atoms with Crippen molar-refractivity contribution in [3.05, 3.63) is 52.7 Å². The summed E-state index contributed by atoms with van der Waals surface area (Å²) < 4.78 is 0. The van der Waals surface area contributed by atoms with Crippen LogP contribution >= 0.6 is 0 Å². The van der Waals surface area contributed by atoms with Gasteiger partial charge in [0.05, 0.1) is 18.5 Å². The molecule has 3 heterocycles. The lowest BCUT2D eigenvalue weighted by atomic mass is 9.62. The van der Waals surface area contributed by atoms with Gasteiger partial charge in [0.25, 0.3) is 0 Å². The fourth-order valence-electron chi connectivity index (χ4n) is 5.67. The number of benzene rings is 1.